The molecule has 0 amide bonds. The first-order valence-corrected chi connectivity index (χ1v) is 10.8. The predicted molar refractivity (Wildman–Crippen MR) is 135 cm³/mol. The van der Waals surface area contributed by atoms with Crippen LogP contribution in [0.3, 0.4) is 0 Å². The van der Waals surface area contributed by atoms with Crippen LogP contribution in [0.25, 0.3) is 22.5 Å². The van der Waals surface area contributed by atoms with E-state index in [0.29, 0.717) is 17.1 Å². The molecule has 0 atom stereocenters. The van der Waals surface area contributed by atoms with Crippen molar-refractivity contribution in [3.8, 4) is 22.5 Å². The van der Waals surface area contributed by atoms with Crippen molar-refractivity contribution in [1.82, 2.24) is 25.6 Å². The number of aryl methyl sites for hydroxylation is 2. The molecule has 0 saturated carbocycles. The van der Waals surface area contributed by atoms with Crippen LogP contribution in [-0.2, 0) is 11.2 Å². The molecule has 2 heterocycles. The molecule has 34 heavy (non-hydrogen) atoms. The number of anilines is 2. The number of tetrazole rings is 1. The number of H-pyrrole nitrogens is 1. The zero-order chi connectivity index (χ0) is 23.4. The van der Waals surface area contributed by atoms with Gasteiger partial charge in [0.05, 0.1) is 18.5 Å². The van der Waals surface area contributed by atoms with E-state index in [0.717, 1.165) is 46.6 Å². The first-order valence-electron chi connectivity index (χ1n) is 10.8. The second-order valence-corrected chi connectivity index (χ2v) is 7.74. The van der Waals surface area contributed by atoms with Gasteiger partial charge in [-0.2, -0.15) is 0 Å². The summed E-state index contributed by atoms with van der Waals surface area (Å²) in [5.41, 5.74) is 6.79. The average Bonchev–Trinajstić information content (AvgIpc) is 3.38. The van der Waals surface area contributed by atoms with Gasteiger partial charge in [0.25, 0.3) is 0 Å². The molecule has 0 aliphatic rings. The third kappa shape index (κ3) is 4.92. The Kier molecular flexibility index (Phi) is 7.96. The number of carbonyl (C=O) groups excluding carboxylic acids is 1. The smallest absolute Gasteiger partial charge is 0.341 e. The largest absolute Gasteiger partial charge is 0.465 e. The summed E-state index contributed by atoms with van der Waals surface area (Å²) >= 11 is 0. The normalized spacial score (nSPS) is 10.5. The lowest BCUT2D eigenvalue weighted by Crippen LogP contribution is -2.18. The molecule has 0 saturated heterocycles. The number of pyridine rings is 1. The number of methoxy groups -OCH3 is 1. The van der Waals surface area contributed by atoms with Crippen molar-refractivity contribution < 1.29 is 9.53 Å². The van der Waals surface area contributed by atoms with Gasteiger partial charge in [0.15, 0.2) is 5.82 Å². The van der Waals surface area contributed by atoms with Crippen LogP contribution >= 0.6 is 12.4 Å². The maximum Gasteiger partial charge on any atom is 0.341 e. The second kappa shape index (κ2) is 10.9. The fourth-order valence-corrected chi connectivity index (χ4v) is 3.94. The van der Waals surface area contributed by atoms with E-state index < -0.39 is 5.97 Å². The average molecular weight is 479 g/mol. The predicted octanol–water partition coefficient (Wildman–Crippen LogP) is 5.17. The Morgan fingerprint density at radius 1 is 1.09 bits per heavy atom. The fourth-order valence-electron chi connectivity index (χ4n) is 3.94. The highest BCUT2D eigenvalue weighted by molar-refractivity contribution is 5.98. The molecule has 0 fully saturated rings. The van der Waals surface area contributed by atoms with Crippen LogP contribution in [0, 0.1) is 6.92 Å². The lowest BCUT2D eigenvalue weighted by molar-refractivity contribution is 0.0600. The molecule has 0 bridgehead atoms. The van der Waals surface area contributed by atoms with E-state index in [4.69, 9.17) is 4.74 Å². The Morgan fingerprint density at radius 2 is 1.79 bits per heavy atom. The van der Waals surface area contributed by atoms with E-state index in [2.05, 4.69) is 32.5 Å². The van der Waals surface area contributed by atoms with E-state index in [1.807, 2.05) is 73.5 Å². The number of hydrogen-bond donors (Lipinski definition) is 1. The summed E-state index contributed by atoms with van der Waals surface area (Å²) in [5, 5.41) is 14.3. The van der Waals surface area contributed by atoms with Crippen LogP contribution in [0.5, 0.6) is 0 Å². The van der Waals surface area contributed by atoms with Crippen molar-refractivity contribution in [2.24, 2.45) is 0 Å². The van der Waals surface area contributed by atoms with Crippen LogP contribution < -0.4 is 4.90 Å². The topological polar surface area (TPSA) is 96.9 Å². The van der Waals surface area contributed by atoms with Crippen molar-refractivity contribution in [3.05, 3.63) is 71.5 Å². The molecule has 0 unspecified atom stereocenters. The summed E-state index contributed by atoms with van der Waals surface area (Å²) in [6.07, 6.45) is 1.82. The van der Waals surface area contributed by atoms with Gasteiger partial charge in [-0.1, -0.05) is 49.7 Å². The number of ether oxygens (including phenoxy) is 1. The van der Waals surface area contributed by atoms with Gasteiger partial charge in [0, 0.05) is 24.0 Å². The number of nitrogens with one attached hydrogen (secondary N) is 1. The summed E-state index contributed by atoms with van der Waals surface area (Å²) in [5.74, 6) is 0.223. The summed E-state index contributed by atoms with van der Waals surface area (Å²) in [6.45, 7) is 3.96. The molecule has 4 aromatic rings. The van der Waals surface area contributed by atoms with Crippen molar-refractivity contribution in [3.63, 3.8) is 0 Å². The van der Waals surface area contributed by atoms with Gasteiger partial charge in [-0.15, -0.1) is 17.5 Å². The molecule has 0 radical (unpaired) electrons. The number of benzene rings is 2. The number of rotatable bonds is 7. The highest BCUT2D eigenvalue weighted by atomic mass is 35.5. The number of aromatic nitrogens is 5. The van der Waals surface area contributed by atoms with E-state index in [1.165, 1.54) is 7.11 Å². The fraction of sp³-hybridized carbons (Fsp3) is 0.240. The molecule has 176 valence electrons. The molecule has 4 rings (SSSR count). The van der Waals surface area contributed by atoms with Gasteiger partial charge in [-0.3, -0.25) is 4.98 Å². The van der Waals surface area contributed by atoms with Gasteiger partial charge in [0.1, 0.15) is 5.56 Å². The lowest BCUT2D eigenvalue weighted by atomic mass is 9.99. The molecule has 9 heteroatoms. The van der Waals surface area contributed by atoms with E-state index in [-0.39, 0.29) is 12.4 Å². The van der Waals surface area contributed by atoms with Crippen LogP contribution in [0.4, 0.5) is 11.4 Å². The minimum Gasteiger partial charge on any atom is -0.465 e. The summed E-state index contributed by atoms with van der Waals surface area (Å²) in [7, 11) is 3.34. The highest BCUT2D eigenvalue weighted by Crippen LogP contribution is 2.34. The monoisotopic (exact) mass is 478 g/mol. The van der Waals surface area contributed by atoms with Gasteiger partial charge in [-0.05, 0) is 53.1 Å². The van der Waals surface area contributed by atoms with Gasteiger partial charge < -0.3 is 9.64 Å². The van der Waals surface area contributed by atoms with Crippen LogP contribution in [0.1, 0.15) is 35.1 Å². The Bertz CT molecular complexity index is 1260. The van der Waals surface area contributed by atoms with E-state index >= 15 is 0 Å². The molecule has 0 aliphatic heterocycles. The number of hydrogen-bond acceptors (Lipinski definition) is 7. The first kappa shape index (κ1) is 24.9. The van der Waals surface area contributed by atoms with Gasteiger partial charge in [-0.25, -0.2) is 9.89 Å². The van der Waals surface area contributed by atoms with Gasteiger partial charge >= 0.3 is 5.97 Å². The molecular formula is C25H27ClN6O2. The molecule has 0 aliphatic carbocycles. The molecule has 2 aromatic carbocycles. The standard InChI is InChI=1S/C25H26N6O2.ClH/c1-5-8-18-15-22(23(16(2)26-18)25(32)33-4)31(3)19-13-11-17(12-14-19)20-9-6-7-10-21(20)24-27-29-30-28-24;/h6-7,9-15H,5,8H2,1-4H3,(H,27,28,29,30);1H. The highest BCUT2D eigenvalue weighted by Gasteiger charge is 2.21. The Hall–Kier alpha value is -3.78. The molecule has 8 nitrogen and oxygen atoms in total. The number of aromatic amines is 1. The molecular weight excluding hydrogens is 452 g/mol. The number of carbonyl (C=O) groups is 1. The van der Waals surface area contributed by atoms with Crippen LogP contribution in [0.15, 0.2) is 54.6 Å². The zero-order valence-electron chi connectivity index (χ0n) is 19.6. The maximum atomic E-state index is 12.5. The van der Waals surface area contributed by atoms with Crippen molar-refractivity contribution in [2.75, 3.05) is 19.1 Å². The van der Waals surface area contributed by atoms with Crippen LogP contribution in [0.2, 0.25) is 0 Å². The molecule has 2 aromatic heterocycles. The number of halogens is 1. The molecule has 1 N–H and O–H groups in total. The zero-order valence-corrected chi connectivity index (χ0v) is 20.4. The SMILES string of the molecule is CCCc1cc(N(C)c2ccc(-c3ccccc3-c3nnn[nH]3)cc2)c(C(=O)OC)c(C)n1.Cl. The van der Waals surface area contributed by atoms with E-state index in [9.17, 15) is 4.79 Å². The third-order valence-electron chi connectivity index (χ3n) is 5.58. The summed E-state index contributed by atoms with van der Waals surface area (Å²) in [6, 6.07) is 18.1. The quantitative estimate of drug-likeness (QED) is 0.366. The van der Waals surface area contributed by atoms with Crippen molar-refractivity contribution >= 4 is 29.8 Å². The van der Waals surface area contributed by atoms with E-state index in [1.54, 1.807) is 0 Å². The Labute approximate surface area is 204 Å². The molecule has 0 spiro atoms. The number of esters is 1. The summed E-state index contributed by atoms with van der Waals surface area (Å²) in [4.78, 5) is 19.1. The van der Waals surface area contributed by atoms with Crippen molar-refractivity contribution in [2.45, 2.75) is 26.7 Å². The Balaban J connectivity index is 0.00000324. The lowest BCUT2D eigenvalue weighted by Gasteiger charge is -2.24. The van der Waals surface area contributed by atoms with Crippen LogP contribution in [-0.4, -0.2) is 45.7 Å². The van der Waals surface area contributed by atoms with Crippen molar-refractivity contribution in [1.29, 1.82) is 0 Å². The first-order chi connectivity index (χ1) is 16.0. The third-order valence-corrected chi connectivity index (χ3v) is 5.58. The number of nitrogens with zero attached hydrogens (tertiary/aromatic N) is 5. The minimum atomic E-state index is -0.392. The van der Waals surface area contributed by atoms with Gasteiger partial charge in [0.2, 0.25) is 0 Å². The Morgan fingerprint density at radius 3 is 2.41 bits per heavy atom. The minimum absolute atomic E-state index is 0. The second-order valence-electron chi connectivity index (χ2n) is 7.74. The summed E-state index contributed by atoms with van der Waals surface area (Å²) < 4.78 is 5.04. The maximum absolute atomic E-state index is 12.5.